The number of hydrogen-bond acceptors (Lipinski definition) is 5. The highest BCUT2D eigenvalue weighted by molar-refractivity contribution is 5.88. The first-order valence-corrected chi connectivity index (χ1v) is 5.68. The van der Waals surface area contributed by atoms with Gasteiger partial charge in [-0.15, -0.1) is 0 Å². The van der Waals surface area contributed by atoms with Gasteiger partial charge in [-0.05, 0) is 13.0 Å². The van der Waals surface area contributed by atoms with Gasteiger partial charge in [-0.1, -0.05) is 0 Å². The standard InChI is InChI=1S/C12H18N2O4/c1-4-14(2)11(15)7-13-6-10-5-9(8-18-10)12(16)17-3/h5,8,13H,4,6-7H2,1-3H3. The predicted octanol–water partition coefficient (Wildman–Crippen LogP) is 0.634. The van der Waals surface area contributed by atoms with Crippen LogP contribution in [0.4, 0.5) is 0 Å². The van der Waals surface area contributed by atoms with Gasteiger partial charge in [-0.3, -0.25) is 4.79 Å². The second kappa shape index (κ2) is 6.80. The molecule has 0 saturated heterocycles. The van der Waals surface area contributed by atoms with Gasteiger partial charge >= 0.3 is 5.97 Å². The van der Waals surface area contributed by atoms with Gasteiger partial charge in [0.15, 0.2) is 0 Å². The highest BCUT2D eigenvalue weighted by Crippen LogP contribution is 2.08. The summed E-state index contributed by atoms with van der Waals surface area (Å²) < 4.78 is 9.73. The maximum absolute atomic E-state index is 11.5. The quantitative estimate of drug-likeness (QED) is 0.754. The van der Waals surface area contributed by atoms with E-state index in [2.05, 4.69) is 10.1 Å². The van der Waals surface area contributed by atoms with E-state index in [-0.39, 0.29) is 12.5 Å². The largest absolute Gasteiger partial charge is 0.467 e. The van der Waals surface area contributed by atoms with E-state index < -0.39 is 5.97 Å². The average molecular weight is 254 g/mol. The summed E-state index contributed by atoms with van der Waals surface area (Å²) in [5.74, 6) is 0.159. The molecule has 100 valence electrons. The zero-order valence-corrected chi connectivity index (χ0v) is 10.9. The van der Waals surface area contributed by atoms with E-state index in [9.17, 15) is 9.59 Å². The molecule has 0 radical (unpaired) electrons. The lowest BCUT2D eigenvalue weighted by Crippen LogP contribution is -2.35. The van der Waals surface area contributed by atoms with Gasteiger partial charge < -0.3 is 19.4 Å². The minimum atomic E-state index is -0.438. The van der Waals surface area contributed by atoms with Gasteiger partial charge in [0.05, 0.1) is 25.8 Å². The van der Waals surface area contributed by atoms with Crippen LogP contribution in [0.25, 0.3) is 0 Å². The van der Waals surface area contributed by atoms with Crippen LogP contribution in [0.15, 0.2) is 16.7 Å². The molecule has 0 unspecified atom stereocenters. The summed E-state index contributed by atoms with van der Waals surface area (Å²) in [6, 6.07) is 1.59. The van der Waals surface area contributed by atoms with Crippen molar-refractivity contribution in [1.82, 2.24) is 10.2 Å². The molecule has 1 rings (SSSR count). The molecule has 1 N–H and O–H groups in total. The van der Waals surface area contributed by atoms with E-state index in [1.165, 1.54) is 13.4 Å². The average Bonchev–Trinajstić information content (AvgIpc) is 2.85. The Balaban J connectivity index is 2.38. The fraction of sp³-hybridized carbons (Fsp3) is 0.500. The molecule has 0 aromatic carbocycles. The van der Waals surface area contributed by atoms with Gasteiger partial charge in [0.25, 0.3) is 0 Å². The van der Waals surface area contributed by atoms with Crippen LogP contribution in [0.5, 0.6) is 0 Å². The van der Waals surface area contributed by atoms with Crippen LogP contribution in [0.2, 0.25) is 0 Å². The second-order valence-electron chi connectivity index (χ2n) is 3.80. The van der Waals surface area contributed by atoms with Crippen molar-refractivity contribution in [2.75, 3.05) is 27.2 Å². The topological polar surface area (TPSA) is 71.8 Å². The lowest BCUT2D eigenvalue weighted by molar-refractivity contribution is -0.128. The number of hydrogen-bond donors (Lipinski definition) is 1. The van der Waals surface area contributed by atoms with E-state index in [1.54, 1.807) is 18.0 Å². The monoisotopic (exact) mass is 254 g/mol. The van der Waals surface area contributed by atoms with Gasteiger partial charge in [0.1, 0.15) is 12.0 Å². The minimum absolute atomic E-state index is 0.0113. The number of methoxy groups -OCH3 is 1. The molecule has 18 heavy (non-hydrogen) atoms. The second-order valence-corrected chi connectivity index (χ2v) is 3.80. The van der Waals surface area contributed by atoms with E-state index in [0.29, 0.717) is 24.4 Å². The Morgan fingerprint density at radius 3 is 2.83 bits per heavy atom. The molecular weight excluding hydrogens is 236 g/mol. The third-order valence-electron chi connectivity index (χ3n) is 2.55. The Labute approximate surface area is 106 Å². The van der Waals surface area contributed by atoms with Gasteiger partial charge in [-0.2, -0.15) is 0 Å². The Kier molecular flexibility index (Phi) is 5.38. The first kappa shape index (κ1) is 14.2. The third-order valence-corrected chi connectivity index (χ3v) is 2.55. The molecule has 1 heterocycles. The van der Waals surface area contributed by atoms with Crippen LogP contribution in [-0.2, 0) is 16.1 Å². The van der Waals surface area contributed by atoms with Crippen LogP contribution in [-0.4, -0.2) is 44.0 Å². The predicted molar refractivity (Wildman–Crippen MR) is 65.1 cm³/mol. The zero-order valence-electron chi connectivity index (χ0n) is 10.9. The Morgan fingerprint density at radius 2 is 2.22 bits per heavy atom. The van der Waals surface area contributed by atoms with Crippen molar-refractivity contribution < 1.29 is 18.7 Å². The number of furan rings is 1. The number of likely N-dealkylation sites (N-methyl/N-ethyl adjacent to an activating group) is 1. The molecule has 6 heteroatoms. The number of carbonyl (C=O) groups is 2. The van der Waals surface area contributed by atoms with E-state index in [0.717, 1.165) is 0 Å². The van der Waals surface area contributed by atoms with Crippen molar-refractivity contribution in [3.63, 3.8) is 0 Å². The number of ether oxygens (including phenoxy) is 1. The minimum Gasteiger partial charge on any atom is -0.467 e. The normalized spacial score (nSPS) is 10.2. The van der Waals surface area contributed by atoms with Crippen molar-refractivity contribution in [1.29, 1.82) is 0 Å². The van der Waals surface area contributed by atoms with E-state index in [1.807, 2.05) is 6.92 Å². The maximum atomic E-state index is 11.5. The summed E-state index contributed by atoms with van der Waals surface area (Å²) in [4.78, 5) is 24.3. The highest BCUT2D eigenvalue weighted by atomic mass is 16.5. The first-order valence-electron chi connectivity index (χ1n) is 5.68. The number of rotatable bonds is 6. The lowest BCUT2D eigenvalue weighted by atomic mass is 10.3. The smallest absolute Gasteiger partial charge is 0.341 e. The molecule has 0 fully saturated rings. The lowest BCUT2D eigenvalue weighted by Gasteiger charge is -2.14. The Bertz CT molecular complexity index is 414. The molecule has 6 nitrogen and oxygen atoms in total. The van der Waals surface area contributed by atoms with Crippen LogP contribution in [0.3, 0.4) is 0 Å². The van der Waals surface area contributed by atoms with Crippen molar-refractivity contribution in [3.05, 3.63) is 23.7 Å². The summed E-state index contributed by atoms with van der Waals surface area (Å²) in [5, 5.41) is 2.95. The highest BCUT2D eigenvalue weighted by Gasteiger charge is 2.10. The fourth-order valence-electron chi connectivity index (χ4n) is 1.30. The molecule has 0 spiro atoms. The summed E-state index contributed by atoms with van der Waals surface area (Å²) in [7, 11) is 3.05. The summed E-state index contributed by atoms with van der Waals surface area (Å²) in [5.41, 5.74) is 0.367. The number of nitrogens with one attached hydrogen (secondary N) is 1. The van der Waals surface area contributed by atoms with E-state index >= 15 is 0 Å². The number of carbonyl (C=O) groups excluding carboxylic acids is 2. The molecule has 0 aliphatic carbocycles. The molecule has 1 aromatic heterocycles. The molecule has 0 aliphatic rings. The molecule has 1 amide bonds. The van der Waals surface area contributed by atoms with Crippen LogP contribution in [0.1, 0.15) is 23.0 Å². The summed E-state index contributed by atoms with van der Waals surface area (Å²) in [6.07, 6.45) is 1.34. The van der Waals surface area contributed by atoms with Gasteiger partial charge in [0, 0.05) is 13.6 Å². The van der Waals surface area contributed by atoms with Crippen molar-refractivity contribution in [2.45, 2.75) is 13.5 Å². The molecular formula is C12H18N2O4. The van der Waals surface area contributed by atoms with Crippen LogP contribution >= 0.6 is 0 Å². The molecule has 0 bridgehead atoms. The van der Waals surface area contributed by atoms with Crippen LogP contribution < -0.4 is 5.32 Å². The molecule has 1 aromatic rings. The SMILES string of the molecule is CCN(C)C(=O)CNCc1cc(C(=O)OC)co1. The number of amides is 1. The van der Waals surface area contributed by atoms with Gasteiger partial charge in [0.2, 0.25) is 5.91 Å². The zero-order chi connectivity index (χ0) is 13.5. The Morgan fingerprint density at radius 1 is 1.50 bits per heavy atom. The summed E-state index contributed by atoms with van der Waals surface area (Å²) in [6.45, 7) is 3.21. The van der Waals surface area contributed by atoms with Crippen LogP contribution in [0, 0.1) is 0 Å². The van der Waals surface area contributed by atoms with Crippen molar-refractivity contribution in [2.24, 2.45) is 0 Å². The van der Waals surface area contributed by atoms with E-state index in [4.69, 9.17) is 4.42 Å². The van der Waals surface area contributed by atoms with Crippen molar-refractivity contribution >= 4 is 11.9 Å². The first-order chi connectivity index (χ1) is 8.58. The molecule has 0 saturated carbocycles. The number of nitrogens with zero attached hydrogens (tertiary/aromatic N) is 1. The fourth-order valence-corrected chi connectivity index (χ4v) is 1.30. The van der Waals surface area contributed by atoms with Gasteiger partial charge in [-0.25, -0.2) is 4.79 Å². The third kappa shape index (κ3) is 3.89. The summed E-state index contributed by atoms with van der Waals surface area (Å²) >= 11 is 0. The number of esters is 1. The van der Waals surface area contributed by atoms with Crippen molar-refractivity contribution in [3.8, 4) is 0 Å². The maximum Gasteiger partial charge on any atom is 0.341 e. The Hall–Kier alpha value is -1.82. The molecule has 0 aliphatic heterocycles. The molecule has 0 atom stereocenters.